The largest absolute Gasteiger partial charge is 0.497 e. The standard InChI is InChI=1S/C20H23N3O7/c1-12(18(25)21-14-8-15(28-4)10-16(9-14)29-5)30-17(24)7-6-13-11-22(2)20(27)23(3)19(13)26/h6-12H,1-5H3,(H,21,25)/b7-6+. The van der Waals surface area contributed by atoms with Gasteiger partial charge in [-0.2, -0.15) is 0 Å². The highest BCUT2D eigenvalue weighted by Crippen LogP contribution is 2.25. The van der Waals surface area contributed by atoms with Gasteiger partial charge >= 0.3 is 11.7 Å². The minimum atomic E-state index is -1.11. The third kappa shape index (κ3) is 5.37. The lowest BCUT2D eigenvalue weighted by Gasteiger charge is -2.14. The van der Waals surface area contributed by atoms with Crippen LogP contribution in [0.1, 0.15) is 12.5 Å². The number of amides is 1. The molecule has 2 rings (SSSR count). The number of nitrogens with one attached hydrogen (secondary N) is 1. The highest BCUT2D eigenvalue weighted by atomic mass is 16.5. The van der Waals surface area contributed by atoms with Crippen LogP contribution in [0.3, 0.4) is 0 Å². The van der Waals surface area contributed by atoms with E-state index < -0.39 is 29.2 Å². The molecule has 1 aromatic carbocycles. The zero-order valence-corrected chi connectivity index (χ0v) is 17.3. The fraction of sp³-hybridized carbons (Fsp3) is 0.300. The molecule has 1 unspecified atom stereocenters. The van der Waals surface area contributed by atoms with E-state index in [1.807, 2.05) is 0 Å². The van der Waals surface area contributed by atoms with E-state index in [4.69, 9.17) is 14.2 Å². The minimum absolute atomic E-state index is 0.122. The van der Waals surface area contributed by atoms with Gasteiger partial charge in [-0.3, -0.25) is 14.2 Å². The van der Waals surface area contributed by atoms with Gasteiger partial charge in [0.15, 0.2) is 6.10 Å². The molecule has 0 saturated heterocycles. The van der Waals surface area contributed by atoms with E-state index in [1.165, 1.54) is 52.1 Å². The zero-order chi connectivity index (χ0) is 22.4. The van der Waals surface area contributed by atoms with Crippen molar-refractivity contribution in [3.63, 3.8) is 0 Å². The second-order valence-corrected chi connectivity index (χ2v) is 6.35. The van der Waals surface area contributed by atoms with Crippen molar-refractivity contribution in [1.82, 2.24) is 9.13 Å². The monoisotopic (exact) mass is 417 g/mol. The van der Waals surface area contributed by atoms with E-state index in [-0.39, 0.29) is 5.56 Å². The molecular weight excluding hydrogens is 394 g/mol. The first-order chi connectivity index (χ1) is 14.2. The van der Waals surface area contributed by atoms with Gasteiger partial charge in [-0.05, 0) is 13.0 Å². The Balaban J connectivity index is 2.06. The molecule has 0 fully saturated rings. The first kappa shape index (κ1) is 22.5. The summed E-state index contributed by atoms with van der Waals surface area (Å²) in [5.74, 6) is -0.422. The van der Waals surface area contributed by atoms with Crippen LogP contribution in [0.5, 0.6) is 11.5 Å². The highest BCUT2D eigenvalue weighted by molar-refractivity contribution is 5.96. The summed E-state index contributed by atoms with van der Waals surface area (Å²) >= 11 is 0. The summed E-state index contributed by atoms with van der Waals surface area (Å²) in [7, 11) is 5.78. The SMILES string of the molecule is COc1cc(NC(=O)C(C)OC(=O)/C=C/c2cn(C)c(=O)n(C)c2=O)cc(OC)c1. The second-order valence-electron chi connectivity index (χ2n) is 6.35. The molecule has 1 aromatic heterocycles. The minimum Gasteiger partial charge on any atom is -0.497 e. The molecule has 0 radical (unpaired) electrons. The van der Waals surface area contributed by atoms with Gasteiger partial charge in [-0.1, -0.05) is 0 Å². The Morgan fingerprint density at radius 3 is 2.23 bits per heavy atom. The second kappa shape index (κ2) is 9.59. The predicted molar refractivity (Wildman–Crippen MR) is 110 cm³/mol. The molecule has 0 saturated carbocycles. The van der Waals surface area contributed by atoms with Crippen LogP contribution >= 0.6 is 0 Å². The fourth-order valence-corrected chi connectivity index (χ4v) is 2.50. The van der Waals surface area contributed by atoms with Gasteiger partial charge in [0.2, 0.25) is 0 Å². The number of aryl methyl sites for hydroxylation is 1. The van der Waals surface area contributed by atoms with Crippen LogP contribution in [0.15, 0.2) is 40.1 Å². The first-order valence-corrected chi connectivity index (χ1v) is 8.85. The molecule has 10 heteroatoms. The van der Waals surface area contributed by atoms with Gasteiger partial charge in [0, 0.05) is 50.3 Å². The van der Waals surface area contributed by atoms with E-state index in [2.05, 4.69) is 5.32 Å². The van der Waals surface area contributed by atoms with E-state index in [9.17, 15) is 19.2 Å². The summed E-state index contributed by atoms with van der Waals surface area (Å²) in [5.41, 5.74) is -0.514. The van der Waals surface area contributed by atoms with Gasteiger partial charge < -0.3 is 24.1 Å². The van der Waals surface area contributed by atoms with Crippen LogP contribution in [0.4, 0.5) is 5.69 Å². The van der Waals surface area contributed by atoms with Crippen LogP contribution in [0, 0.1) is 0 Å². The number of anilines is 1. The van der Waals surface area contributed by atoms with Gasteiger partial charge in [0.05, 0.1) is 19.8 Å². The number of carbonyl (C=O) groups is 2. The molecule has 0 spiro atoms. The summed E-state index contributed by atoms with van der Waals surface area (Å²) in [5, 5.41) is 2.61. The number of ether oxygens (including phenoxy) is 3. The van der Waals surface area contributed by atoms with Crippen molar-refractivity contribution in [3.8, 4) is 11.5 Å². The Labute approximate surface area is 172 Å². The molecular formula is C20H23N3O7. The smallest absolute Gasteiger partial charge is 0.331 e. The molecule has 0 aliphatic rings. The maximum atomic E-state index is 12.3. The van der Waals surface area contributed by atoms with Gasteiger partial charge in [0.25, 0.3) is 11.5 Å². The number of aromatic nitrogens is 2. The molecule has 160 valence electrons. The van der Waals surface area contributed by atoms with E-state index in [0.29, 0.717) is 17.2 Å². The number of carbonyl (C=O) groups excluding carboxylic acids is 2. The molecule has 0 aliphatic carbocycles. The van der Waals surface area contributed by atoms with Crippen LogP contribution in [-0.2, 0) is 28.4 Å². The lowest BCUT2D eigenvalue weighted by atomic mass is 10.2. The van der Waals surface area contributed by atoms with E-state index in [0.717, 1.165) is 10.6 Å². The quantitative estimate of drug-likeness (QED) is 0.520. The number of nitrogens with zero attached hydrogens (tertiary/aromatic N) is 2. The van der Waals surface area contributed by atoms with Crippen LogP contribution in [-0.4, -0.2) is 41.3 Å². The number of hydrogen-bond donors (Lipinski definition) is 1. The van der Waals surface area contributed by atoms with Crippen molar-refractivity contribution in [3.05, 3.63) is 56.9 Å². The molecule has 0 bridgehead atoms. The highest BCUT2D eigenvalue weighted by Gasteiger charge is 2.17. The van der Waals surface area contributed by atoms with Crippen molar-refractivity contribution in [2.45, 2.75) is 13.0 Å². The molecule has 10 nitrogen and oxygen atoms in total. The maximum Gasteiger partial charge on any atom is 0.331 e. The third-order valence-electron chi connectivity index (χ3n) is 4.15. The Morgan fingerprint density at radius 1 is 1.07 bits per heavy atom. The molecule has 2 aromatic rings. The molecule has 1 heterocycles. The Kier molecular flexibility index (Phi) is 7.18. The lowest BCUT2D eigenvalue weighted by molar-refractivity contribution is -0.148. The van der Waals surface area contributed by atoms with Crippen LogP contribution in [0.2, 0.25) is 0 Å². The molecule has 1 N–H and O–H groups in total. The topological polar surface area (TPSA) is 118 Å². The van der Waals surface area contributed by atoms with Gasteiger partial charge in [-0.25, -0.2) is 9.59 Å². The van der Waals surface area contributed by atoms with E-state index >= 15 is 0 Å². The Bertz CT molecular complexity index is 1080. The van der Waals surface area contributed by atoms with Gasteiger partial charge in [0.1, 0.15) is 11.5 Å². The summed E-state index contributed by atoms with van der Waals surface area (Å²) in [6, 6.07) is 4.82. The van der Waals surface area contributed by atoms with E-state index in [1.54, 1.807) is 18.2 Å². The number of methoxy groups -OCH3 is 2. The van der Waals surface area contributed by atoms with Crippen LogP contribution in [0.25, 0.3) is 6.08 Å². The zero-order valence-electron chi connectivity index (χ0n) is 17.3. The number of esters is 1. The maximum absolute atomic E-state index is 12.3. The lowest BCUT2D eigenvalue weighted by Crippen LogP contribution is -2.37. The number of rotatable bonds is 7. The Morgan fingerprint density at radius 2 is 1.67 bits per heavy atom. The average Bonchev–Trinajstić information content (AvgIpc) is 2.73. The molecule has 1 amide bonds. The third-order valence-corrected chi connectivity index (χ3v) is 4.15. The van der Waals surface area contributed by atoms with Crippen LogP contribution < -0.4 is 26.0 Å². The molecule has 0 aliphatic heterocycles. The summed E-state index contributed by atoms with van der Waals surface area (Å²) in [4.78, 5) is 48.1. The number of hydrogen-bond acceptors (Lipinski definition) is 7. The summed E-state index contributed by atoms with van der Waals surface area (Å²) in [6.07, 6.45) is 2.43. The summed E-state index contributed by atoms with van der Waals surface area (Å²) < 4.78 is 17.5. The average molecular weight is 417 g/mol. The number of benzene rings is 1. The predicted octanol–water partition coefficient (Wildman–Crippen LogP) is 0.685. The molecule has 1 atom stereocenters. The first-order valence-electron chi connectivity index (χ1n) is 8.85. The fourth-order valence-electron chi connectivity index (χ4n) is 2.50. The van der Waals surface area contributed by atoms with Crippen molar-refractivity contribution >= 4 is 23.6 Å². The van der Waals surface area contributed by atoms with Crippen molar-refractivity contribution in [2.24, 2.45) is 14.1 Å². The normalized spacial score (nSPS) is 11.8. The Hall–Kier alpha value is -3.82. The molecule has 30 heavy (non-hydrogen) atoms. The van der Waals surface area contributed by atoms with Gasteiger partial charge in [-0.15, -0.1) is 0 Å². The van der Waals surface area contributed by atoms with Crippen molar-refractivity contribution in [2.75, 3.05) is 19.5 Å². The summed E-state index contributed by atoms with van der Waals surface area (Å²) in [6.45, 7) is 1.41. The van der Waals surface area contributed by atoms with Crippen molar-refractivity contribution < 1.29 is 23.8 Å². The van der Waals surface area contributed by atoms with Crippen molar-refractivity contribution in [1.29, 1.82) is 0 Å².